The van der Waals surface area contributed by atoms with Gasteiger partial charge in [0.05, 0.1) is 19.3 Å². The fourth-order valence-corrected chi connectivity index (χ4v) is 3.47. The van der Waals surface area contributed by atoms with E-state index in [2.05, 4.69) is 24.9 Å². The second-order valence-corrected chi connectivity index (χ2v) is 7.39. The van der Waals surface area contributed by atoms with Crippen LogP contribution in [0.2, 0.25) is 0 Å². The largest absolute Gasteiger partial charge is 0.384 e. The summed E-state index contributed by atoms with van der Waals surface area (Å²) < 4.78 is 60.4. The third kappa shape index (κ3) is 4.62. The lowest BCUT2D eigenvalue weighted by atomic mass is 10.1. The summed E-state index contributed by atoms with van der Waals surface area (Å²) in [5.41, 5.74) is 10.1. The minimum absolute atomic E-state index is 0.0907. The average Bonchev–Trinajstić information content (AvgIpc) is 2.78. The van der Waals surface area contributed by atoms with E-state index in [1.165, 1.54) is 0 Å². The molecule has 4 N–H and O–H groups in total. The van der Waals surface area contributed by atoms with Gasteiger partial charge in [0.1, 0.15) is 11.6 Å². The fraction of sp³-hybridized carbons (Fsp3) is 0.350. The van der Waals surface area contributed by atoms with Crippen LogP contribution in [0.3, 0.4) is 0 Å². The lowest BCUT2D eigenvalue weighted by Gasteiger charge is -2.33. The zero-order chi connectivity index (χ0) is 23.7. The van der Waals surface area contributed by atoms with E-state index in [0.717, 1.165) is 24.5 Å². The highest BCUT2D eigenvalue weighted by molar-refractivity contribution is 5.68. The summed E-state index contributed by atoms with van der Waals surface area (Å²) in [6, 6.07) is 1.89. The minimum atomic E-state index is -2.90. The van der Waals surface area contributed by atoms with Crippen molar-refractivity contribution in [3.8, 4) is 22.8 Å². The summed E-state index contributed by atoms with van der Waals surface area (Å²) in [4.78, 5) is 22.5. The number of anilines is 3. The van der Waals surface area contributed by atoms with Gasteiger partial charge in [-0.25, -0.2) is 32.5 Å². The van der Waals surface area contributed by atoms with Crippen LogP contribution in [0, 0.1) is 0 Å². The summed E-state index contributed by atoms with van der Waals surface area (Å²) in [7, 11) is 0. The molecule has 4 heterocycles. The zero-order valence-corrected chi connectivity index (χ0v) is 17.4. The molecule has 3 aromatic heterocycles. The predicted octanol–water partition coefficient (Wildman–Crippen LogP) is 3.26. The molecule has 1 saturated heterocycles. The zero-order valence-electron chi connectivity index (χ0n) is 17.4. The first-order valence-electron chi connectivity index (χ1n) is 9.93. The first-order chi connectivity index (χ1) is 15.7. The van der Waals surface area contributed by atoms with Gasteiger partial charge in [-0.1, -0.05) is 0 Å². The minimum Gasteiger partial charge on any atom is -0.384 e. The van der Waals surface area contributed by atoms with Gasteiger partial charge >= 0.3 is 0 Å². The predicted molar refractivity (Wildman–Crippen MR) is 113 cm³/mol. The summed E-state index contributed by atoms with van der Waals surface area (Å²) >= 11 is 0. The first kappa shape index (κ1) is 22.6. The maximum Gasteiger partial charge on any atom is 0.264 e. The van der Waals surface area contributed by atoms with Crippen molar-refractivity contribution >= 4 is 17.6 Å². The van der Waals surface area contributed by atoms with Crippen LogP contribution in [0.25, 0.3) is 22.8 Å². The van der Waals surface area contributed by atoms with Crippen LogP contribution in [0.15, 0.2) is 24.5 Å². The van der Waals surface area contributed by atoms with Gasteiger partial charge in [-0.2, -0.15) is 9.97 Å². The lowest BCUT2D eigenvalue weighted by Crippen LogP contribution is -2.44. The Morgan fingerprint density at radius 1 is 0.909 bits per heavy atom. The van der Waals surface area contributed by atoms with Gasteiger partial charge in [0, 0.05) is 41.2 Å². The van der Waals surface area contributed by atoms with E-state index in [4.69, 9.17) is 16.2 Å². The molecule has 0 amide bonds. The van der Waals surface area contributed by atoms with Gasteiger partial charge in [-0.15, -0.1) is 0 Å². The Balaban J connectivity index is 1.95. The Bertz CT molecular complexity index is 1090. The van der Waals surface area contributed by atoms with Gasteiger partial charge in [-0.05, 0) is 19.1 Å². The second kappa shape index (κ2) is 9.10. The third-order valence-corrected chi connectivity index (χ3v) is 5.11. The van der Waals surface area contributed by atoms with Crippen LogP contribution in [-0.4, -0.2) is 50.7 Å². The fourth-order valence-electron chi connectivity index (χ4n) is 3.47. The highest BCUT2D eigenvalue weighted by atomic mass is 19.3. The Hall–Kier alpha value is -3.61. The Morgan fingerprint density at radius 2 is 1.42 bits per heavy atom. The van der Waals surface area contributed by atoms with Gasteiger partial charge in [-0.3, -0.25) is 0 Å². The molecule has 3 aromatic rings. The molecule has 0 bridgehead atoms. The van der Waals surface area contributed by atoms with Crippen molar-refractivity contribution in [3.63, 3.8) is 0 Å². The number of alkyl halides is 4. The molecule has 0 radical (unpaired) electrons. The van der Waals surface area contributed by atoms with Crippen LogP contribution in [0.1, 0.15) is 30.9 Å². The van der Waals surface area contributed by atoms with E-state index in [1.54, 1.807) is 4.90 Å². The van der Waals surface area contributed by atoms with Crippen molar-refractivity contribution in [1.82, 2.24) is 24.9 Å². The maximum atomic E-state index is 13.7. The first-order valence-corrected chi connectivity index (χ1v) is 9.93. The summed E-state index contributed by atoms with van der Waals surface area (Å²) in [6.07, 6.45) is -3.55. The molecule has 9 nitrogen and oxygen atoms in total. The second-order valence-electron chi connectivity index (χ2n) is 7.39. The molecule has 1 fully saturated rings. The number of rotatable bonds is 5. The van der Waals surface area contributed by atoms with Crippen molar-refractivity contribution in [3.05, 3.63) is 35.7 Å². The molecular weight excluding hydrogens is 444 g/mol. The number of nitrogen functional groups attached to an aromatic ring is 2. The molecular formula is C20H20F4N8O. The van der Waals surface area contributed by atoms with Crippen LogP contribution >= 0.6 is 0 Å². The third-order valence-electron chi connectivity index (χ3n) is 5.11. The van der Waals surface area contributed by atoms with E-state index in [0.29, 0.717) is 19.8 Å². The molecule has 4 rings (SSSR count). The van der Waals surface area contributed by atoms with Crippen molar-refractivity contribution in [1.29, 1.82) is 0 Å². The number of pyridine rings is 2. The van der Waals surface area contributed by atoms with E-state index in [-0.39, 0.29) is 46.4 Å². The normalized spacial score (nSPS) is 16.6. The van der Waals surface area contributed by atoms with Crippen LogP contribution in [0.4, 0.5) is 35.1 Å². The number of morpholine rings is 1. The average molecular weight is 464 g/mol. The topological polar surface area (TPSA) is 129 Å². The van der Waals surface area contributed by atoms with Gasteiger partial charge in [0.25, 0.3) is 12.9 Å². The van der Waals surface area contributed by atoms with E-state index in [9.17, 15) is 17.6 Å². The molecule has 0 aromatic carbocycles. The molecule has 13 heteroatoms. The highest BCUT2D eigenvalue weighted by Gasteiger charge is 2.27. The smallest absolute Gasteiger partial charge is 0.264 e. The molecule has 0 saturated carbocycles. The summed E-state index contributed by atoms with van der Waals surface area (Å²) in [5.74, 6) is -0.400. The molecule has 174 valence electrons. The number of halogens is 4. The number of nitrogens with zero attached hydrogens (tertiary/aromatic N) is 6. The highest BCUT2D eigenvalue weighted by Crippen LogP contribution is 2.34. The molecule has 1 aliphatic heterocycles. The number of hydrogen-bond donors (Lipinski definition) is 2. The Morgan fingerprint density at radius 3 is 1.88 bits per heavy atom. The molecule has 1 atom stereocenters. The van der Waals surface area contributed by atoms with Crippen LogP contribution in [-0.2, 0) is 4.74 Å². The van der Waals surface area contributed by atoms with Gasteiger partial charge in [0.15, 0.2) is 11.6 Å². The maximum absolute atomic E-state index is 13.7. The molecule has 1 aliphatic rings. The number of aromatic nitrogens is 5. The molecule has 0 aliphatic carbocycles. The van der Waals surface area contributed by atoms with Crippen LogP contribution in [0.5, 0.6) is 0 Å². The van der Waals surface area contributed by atoms with E-state index >= 15 is 0 Å². The van der Waals surface area contributed by atoms with Crippen LogP contribution < -0.4 is 16.4 Å². The molecule has 0 spiro atoms. The lowest BCUT2D eigenvalue weighted by molar-refractivity contribution is 0.0981. The van der Waals surface area contributed by atoms with Crippen molar-refractivity contribution in [2.75, 3.05) is 36.1 Å². The van der Waals surface area contributed by atoms with E-state index in [1.807, 2.05) is 6.92 Å². The SMILES string of the molecule is C[C@@H]1COCCN1c1nc(-c2cnc(N)cc2C(F)F)nc(-c2cnc(N)cc2C(F)F)n1. The Labute approximate surface area is 185 Å². The monoisotopic (exact) mass is 464 g/mol. The summed E-state index contributed by atoms with van der Waals surface area (Å²) in [5, 5.41) is 0. The number of nitrogens with two attached hydrogens (primary N) is 2. The number of hydrogen-bond acceptors (Lipinski definition) is 9. The van der Waals surface area contributed by atoms with Gasteiger partial charge in [0.2, 0.25) is 5.95 Å². The standard InChI is InChI=1S/C20H20F4N8O/c1-9-8-33-3-2-32(9)20-30-18(12-6-27-14(25)4-10(12)16(21)22)29-19(31-20)13-7-28-15(26)5-11(13)17(23)24/h4-7,9,16-17H,2-3,8H2,1H3,(H2,25,27)(H2,26,28)/t9-/m1/s1. The quantitative estimate of drug-likeness (QED) is 0.547. The molecule has 33 heavy (non-hydrogen) atoms. The summed E-state index contributed by atoms with van der Waals surface area (Å²) in [6.45, 7) is 3.05. The van der Waals surface area contributed by atoms with Gasteiger partial charge < -0.3 is 21.1 Å². The molecule has 0 unspecified atom stereocenters. The Kier molecular flexibility index (Phi) is 6.22. The van der Waals surface area contributed by atoms with Crippen molar-refractivity contribution in [2.45, 2.75) is 25.8 Å². The van der Waals surface area contributed by atoms with Crippen molar-refractivity contribution in [2.24, 2.45) is 0 Å². The van der Waals surface area contributed by atoms with E-state index < -0.39 is 24.0 Å². The number of ether oxygens (including phenoxy) is 1. The van der Waals surface area contributed by atoms with Crippen molar-refractivity contribution < 1.29 is 22.3 Å².